The summed E-state index contributed by atoms with van der Waals surface area (Å²) in [6, 6.07) is 6.75. The third-order valence-electron chi connectivity index (χ3n) is 2.36. The standard InChI is InChI=1S/C11H8O5S/c12-6-8-3-1-2-7-4-9(13)5-10(11(7)8)17(14,15)16/h1-6,13H,(H,14,15,16). The molecule has 2 rings (SSSR count). The normalized spacial score (nSPS) is 11.6. The fourth-order valence-electron chi connectivity index (χ4n) is 1.70. The summed E-state index contributed by atoms with van der Waals surface area (Å²) in [5.41, 5.74) is 0.134. The highest BCUT2D eigenvalue weighted by Crippen LogP contribution is 2.30. The second-order valence-corrected chi connectivity index (χ2v) is 4.87. The molecule has 2 aromatic carbocycles. The van der Waals surface area contributed by atoms with Crippen LogP contribution < -0.4 is 0 Å². The Kier molecular flexibility index (Phi) is 2.60. The second kappa shape index (κ2) is 3.83. The van der Waals surface area contributed by atoms with Gasteiger partial charge in [-0.2, -0.15) is 8.42 Å². The number of phenolic OH excluding ortho intramolecular Hbond substituents is 1. The summed E-state index contributed by atoms with van der Waals surface area (Å²) in [5.74, 6) is -0.298. The van der Waals surface area contributed by atoms with Gasteiger partial charge in [0.1, 0.15) is 10.6 Å². The van der Waals surface area contributed by atoms with Gasteiger partial charge in [-0.15, -0.1) is 0 Å². The van der Waals surface area contributed by atoms with E-state index in [1.54, 1.807) is 6.07 Å². The van der Waals surface area contributed by atoms with Crippen LogP contribution in [0.25, 0.3) is 10.8 Å². The van der Waals surface area contributed by atoms with E-state index in [1.807, 2.05) is 0 Å². The molecule has 17 heavy (non-hydrogen) atoms. The maximum Gasteiger partial charge on any atom is 0.295 e. The highest BCUT2D eigenvalue weighted by atomic mass is 32.2. The molecule has 0 amide bonds. The second-order valence-electron chi connectivity index (χ2n) is 3.48. The predicted octanol–water partition coefficient (Wildman–Crippen LogP) is 1.60. The third-order valence-corrected chi connectivity index (χ3v) is 3.24. The molecule has 0 fully saturated rings. The minimum Gasteiger partial charge on any atom is -0.508 e. The molecule has 0 spiro atoms. The van der Waals surface area contributed by atoms with Gasteiger partial charge in [-0.1, -0.05) is 18.2 Å². The van der Waals surface area contributed by atoms with Gasteiger partial charge in [0.2, 0.25) is 0 Å². The fraction of sp³-hybridized carbons (Fsp3) is 0. The summed E-state index contributed by atoms with van der Waals surface area (Å²) in [6.45, 7) is 0. The van der Waals surface area contributed by atoms with Crippen molar-refractivity contribution in [2.24, 2.45) is 0 Å². The number of aldehydes is 1. The Hall–Kier alpha value is -1.92. The van der Waals surface area contributed by atoms with Gasteiger partial charge in [0, 0.05) is 17.0 Å². The summed E-state index contributed by atoms with van der Waals surface area (Å²) in [5, 5.41) is 9.84. The molecular weight excluding hydrogens is 244 g/mol. The number of carbonyl (C=O) groups is 1. The molecule has 2 N–H and O–H groups in total. The third kappa shape index (κ3) is 2.00. The van der Waals surface area contributed by atoms with E-state index in [0.29, 0.717) is 11.7 Å². The number of carbonyl (C=O) groups excluding carboxylic acids is 1. The first kappa shape index (κ1) is 11.6. The van der Waals surface area contributed by atoms with E-state index >= 15 is 0 Å². The lowest BCUT2D eigenvalue weighted by molar-refractivity contribution is 0.112. The first-order valence-corrected chi connectivity index (χ1v) is 6.06. The van der Waals surface area contributed by atoms with E-state index in [4.69, 9.17) is 4.55 Å². The van der Waals surface area contributed by atoms with Crippen LogP contribution in [0.5, 0.6) is 5.75 Å². The molecule has 5 nitrogen and oxygen atoms in total. The molecule has 0 aromatic heterocycles. The Morgan fingerprint density at radius 2 is 1.88 bits per heavy atom. The molecule has 0 saturated carbocycles. The summed E-state index contributed by atoms with van der Waals surface area (Å²) in [7, 11) is -4.50. The van der Waals surface area contributed by atoms with Crippen LogP contribution in [0.4, 0.5) is 0 Å². The van der Waals surface area contributed by atoms with Crippen LogP contribution in [0.2, 0.25) is 0 Å². The summed E-state index contributed by atoms with van der Waals surface area (Å²) < 4.78 is 31.5. The smallest absolute Gasteiger partial charge is 0.295 e. The Morgan fingerprint density at radius 3 is 2.47 bits per heavy atom. The van der Waals surface area contributed by atoms with Crippen molar-refractivity contribution in [2.45, 2.75) is 4.90 Å². The molecule has 6 heteroatoms. The van der Waals surface area contributed by atoms with Crippen molar-refractivity contribution in [2.75, 3.05) is 0 Å². The van der Waals surface area contributed by atoms with Gasteiger partial charge in [-0.25, -0.2) is 0 Å². The molecule has 0 saturated heterocycles. The number of fused-ring (bicyclic) bond motifs is 1. The van der Waals surface area contributed by atoms with Crippen molar-refractivity contribution in [1.82, 2.24) is 0 Å². The van der Waals surface area contributed by atoms with E-state index in [1.165, 1.54) is 18.2 Å². The maximum atomic E-state index is 11.2. The van der Waals surface area contributed by atoms with Crippen molar-refractivity contribution >= 4 is 27.2 Å². The van der Waals surface area contributed by atoms with Gasteiger partial charge in [-0.3, -0.25) is 9.35 Å². The highest BCUT2D eigenvalue weighted by molar-refractivity contribution is 7.86. The molecule has 0 heterocycles. The van der Waals surface area contributed by atoms with E-state index in [2.05, 4.69) is 0 Å². The lowest BCUT2D eigenvalue weighted by Crippen LogP contribution is -2.01. The van der Waals surface area contributed by atoms with Crippen LogP contribution in [0.3, 0.4) is 0 Å². The zero-order valence-electron chi connectivity index (χ0n) is 8.49. The largest absolute Gasteiger partial charge is 0.508 e. The van der Waals surface area contributed by atoms with Crippen LogP contribution in [0, 0.1) is 0 Å². The zero-order chi connectivity index (χ0) is 12.6. The summed E-state index contributed by atoms with van der Waals surface area (Å²) in [4.78, 5) is 10.4. The first-order valence-electron chi connectivity index (χ1n) is 4.62. The number of hydrogen-bond acceptors (Lipinski definition) is 4. The first-order chi connectivity index (χ1) is 7.93. The zero-order valence-corrected chi connectivity index (χ0v) is 9.31. The van der Waals surface area contributed by atoms with Crippen LogP contribution in [-0.2, 0) is 10.1 Å². The lowest BCUT2D eigenvalue weighted by atomic mass is 10.1. The molecule has 0 atom stereocenters. The quantitative estimate of drug-likeness (QED) is 0.625. The SMILES string of the molecule is O=Cc1cccc2cc(O)cc(S(=O)(=O)O)c12. The Morgan fingerprint density at radius 1 is 1.18 bits per heavy atom. The van der Waals surface area contributed by atoms with Crippen LogP contribution in [0.15, 0.2) is 35.2 Å². The molecule has 0 aliphatic carbocycles. The monoisotopic (exact) mass is 252 g/mol. The highest BCUT2D eigenvalue weighted by Gasteiger charge is 2.17. The van der Waals surface area contributed by atoms with E-state index in [-0.39, 0.29) is 16.7 Å². The fourth-order valence-corrected chi connectivity index (χ4v) is 2.47. The minimum absolute atomic E-state index is 0.0998. The van der Waals surface area contributed by atoms with Crippen molar-refractivity contribution in [3.05, 3.63) is 35.9 Å². The van der Waals surface area contributed by atoms with E-state index < -0.39 is 15.0 Å². The Labute approximate surface area is 97.1 Å². The number of phenols is 1. The van der Waals surface area contributed by atoms with Gasteiger partial charge in [0.05, 0.1) is 0 Å². The molecular formula is C11H8O5S. The van der Waals surface area contributed by atoms with Gasteiger partial charge in [-0.05, 0) is 11.5 Å². The average molecular weight is 252 g/mol. The lowest BCUT2D eigenvalue weighted by Gasteiger charge is -2.07. The molecule has 2 aromatic rings. The van der Waals surface area contributed by atoms with E-state index in [0.717, 1.165) is 6.07 Å². The van der Waals surface area contributed by atoms with Crippen molar-refractivity contribution in [3.63, 3.8) is 0 Å². The maximum absolute atomic E-state index is 11.2. The number of hydrogen-bond donors (Lipinski definition) is 2. The molecule has 0 bridgehead atoms. The van der Waals surface area contributed by atoms with Gasteiger partial charge < -0.3 is 5.11 Å². The number of rotatable bonds is 2. The minimum atomic E-state index is -4.50. The van der Waals surface area contributed by atoms with Crippen molar-refractivity contribution in [1.29, 1.82) is 0 Å². The van der Waals surface area contributed by atoms with Crippen molar-refractivity contribution < 1.29 is 22.9 Å². The van der Waals surface area contributed by atoms with Crippen molar-refractivity contribution in [3.8, 4) is 5.75 Å². The van der Waals surface area contributed by atoms with E-state index in [9.17, 15) is 18.3 Å². The number of aromatic hydroxyl groups is 1. The summed E-state index contributed by atoms with van der Waals surface area (Å²) in [6.07, 6.45) is 0.494. The van der Waals surface area contributed by atoms with Gasteiger partial charge in [0.25, 0.3) is 10.1 Å². The van der Waals surface area contributed by atoms with Crippen LogP contribution in [-0.4, -0.2) is 24.4 Å². The predicted molar refractivity (Wildman–Crippen MR) is 60.8 cm³/mol. The van der Waals surface area contributed by atoms with Gasteiger partial charge in [0.15, 0.2) is 6.29 Å². The van der Waals surface area contributed by atoms with Crippen LogP contribution in [0.1, 0.15) is 10.4 Å². The van der Waals surface area contributed by atoms with Crippen LogP contribution >= 0.6 is 0 Å². The number of benzene rings is 2. The Balaban J connectivity index is 3.05. The average Bonchev–Trinajstić information content (AvgIpc) is 2.25. The molecule has 0 aliphatic heterocycles. The molecule has 0 radical (unpaired) electrons. The molecule has 0 unspecified atom stereocenters. The Bertz CT molecular complexity index is 703. The molecule has 88 valence electrons. The molecule has 0 aliphatic rings. The topological polar surface area (TPSA) is 91.7 Å². The summed E-state index contributed by atoms with van der Waals surface area (Å²) >= 11 is 0. The van der Waals surface area contributed by atoms with Gasteiger partial charge >= 0.3 is 0 Å².